The fourth-order valence-electron chi connectivity index (χ4n) is 2.66. The molecule has 0 radical (unpaired) electrons. The standard InChI is InChI=1S/C21H20ClNO2/c22-20-10-4-3-7-17(20)9-5-13-23-21(24)15-25-19-12-11-16-6-1-2-8-18(16)14-19/h1-4,6-8,10-12,14H,5,9,13,15H2,(H,23,24). The average molecular weight is 354 g/mol. The molecule has 0 saturated carbocycles. The van der Waals surface area contributed by atoms with E-state index in [0.29, 0.717) is 12.3 Å². The molecular formula is C21H20ClNO2. The molecule has 0 fully saturated rings. The van der Waals surface area contributed by atoms with E-state index in [1.165, 1.54) is 0 Å². The third-order valence-electron chi connectivity index (χ3n) is 3.99. The minimum Gasteiger partial charge on any atom is -0.484 e. The molecule has 128 valence electrons. The van der Waals surface area contributed by atoms with Crippen LogP contribution in [0, 0.1) is 0 Å². The number of benzene rings is 3. The Morgan fingerprint density at radius 2 is 1.72 bits per heavy atom. The van der Waals surface area contributed by atoms with E-state index in [4.69, 9.17) is 16.3 Å². The van der Waals surface area contributed by atoms with Gasteiger partial charge in [-0.15, -0.1) is 0 Å². The van der Waals surface area contributed by atoms with Crippen LogP contribution in [0.1, 0.15) is 12.0 Å². The molecule has 3 nitrogen and oxygen atoms in total. The minimum absolute atomic E-state index is 0.0183. The molecule has 0 aromatic heterocycles. The molecule has 1 N–H and O–H groups in total. The van der Waals surface area contributed by atoms with Gasteiger partial charge in [0.05, 0.1) is 0 Å². The van der Waals surface area contributed by atoms with Crippen molar-refractivity contribution in [3.63, 3.8) is 0 Å². The van der Waals surface area contributed by atoms with Crippen LogP contribution in [0.4, 0.5) is 0 Å². The molecule has 0 spiro atoms. The molecule has 3 aromatic carbocycles. The summed E-state index contributed by atoms with van der Waals surface area (Å²) in [5, 5.41) is 5.89. The monoisotopic (exact) mass is 353 g/mol. The molecule has 0 aliphatic carbocycles. The predicted octanol–water partition coefficient (Wildman–Crippen LogP) is 4.62. The Kier molecular flexibility index (Phi) is 5.91. The maximum atomic E-state index is 11.9. The highest BCUT2D eigenvalue weighted by Gasteiger charge is 2.04. The number of carbonyl (C=O) groups excluding carboxylic acids is 1. The van der Waals surface area contributed by atoms with E-state index in [0.717, 1.165) is 34.2 Å². The highest BCUT2D eigenvalue weighted by atomic mass is 35.5. The molecular weight excluding hydrogens is 334 g/mol. The lowest BCUT2D eigenvalue weighted by atomic mass is 10.1. The Bertz CT molecular complexity index is 863. The zero-order valence-corrected chi connectivity index (χ0v) is 14.6. The Morgan fingerprint density at radius 3 is 2.56 bits per heavy atom. The van der Waals surface area contributed by atoms with E-state index in [2.05, 4.69) is 5.32 Å². The van der Waals surface area contributed by atoms with E-state index in [-0.39, 0.29) is 12.5 Å². The number of ether oxygens (including phenoxy) is 1. The Balaban J connectivity index is 1.41. The minimum atomic E-state index is -0.118. The van der Waals surface area contributed by atoms with Gasteiger partial charge in [0, 0.05) is 11.6 Å². The summed E-state index contributed by atoms with van der Waals surface area (Å²) in [6, 6.07) is 21.6. The highest BCUT2D eigenvalue weighted by molar-refractivity contribution is 6.31. The van der Waals surface area contributed by atoms with Crippen molar-refractivity contribution in [2.75, 3.05) is 13.2 Å². The molecule has 3 aromatic rings. The van der Waals surface area contributed by atoms with Gasteiger partial charge in [-0.1, -0.05) is 60.1 Å². The SMILES string of the molecule is O=C(COc1ccc2ccccc2c1)NCCCc1ccccc1Cl. The fraction of sp³-hybridized carbons (Fsp3) is 0.190. The van der Waals surface area contributed by atoms with Gasteiger partial charge in [0.25, 0.3) is 5.91 Å². The number of hydrogen-bond acceptors (Lipinski definition) is 2. The highest BCUT2D eigenvalue weighted by Crippen LogP contribution is 2.20. The smallest absolute Gasteiger partial charge is 0.257 e. The predicted molar refractivity (Wildman–Crippen MR) is 102 cm³/mol. The topological polar surface area (TPSA) is 38.3 Å². The Labute approximate surface area is 152 Å². The molecule has 0 aliphatic heterocycles. The lowest BCUT2D eigenvalue weighted by Gasteiger charge is -2.09. The second-order valence-corrected chi connectivity index (χ2v) is 6.25. The van der Waals surface area contributed by atoms with Crippen molar-refractivity contribution < 1.29 is 9.53 Å². The summed E-state index contributed by atoms with van der Waals surface area (Å²) in [5.41, 5.74) is 1.10. The molecule has 0 heterocycles. The van der Waals surface area contributed by atoms with Gasteiger partial charge in [0.15, 0.2) is 6.61 Å². The van der Waals surface area contributed by atoms with Crippen molar-refractivity contribution in [2.24, 2.45) is 0 Å². The van der Waals surface area contributed by atoms with E-state index < -0.39 is 0 Å². The summed E-state index contributed by atoms with van der Waals surface area (Å²) in [7, 11) is 0. The summed E-state index contributed by atoms with van der Waals surface area (Å²) in [6.45, 7) is 0.621. The fourth-order valence-corrected chi connectivity index (χ4v) is 2.90. The van der Waals surface area contributed by atoms with Gasteiger partial charge in [-0.2, -0.15) is 0 Å². The largest absolute Gasteiger partial charge is 0.484 e. The summed E-state index contributed by atoms with van der Waals surface area (Å²) < 4.78 is 5.58. The lowest BCUT2D eigenvalue weighted by Crippen LogP contribution is -2.29. The number of carbonyl (C=O) groups is 1. The molecule has 0 saturated heterocycles. The van der Waals surface area contributed by atoms with Crippen LogP contribution in [-0.4, -0.2) is 19.1 Å². The van der Waals surface area contributed by atoms with Gasteiger partial charge in [0.2, 0.25) is 0 Å². The van der Waals surface area contributed by atoms with Crippen molar-refractivity contribution in [1.29, 1.82) is 0 Å². The lowest BCUT2D eigenvalue weighted by molar-refractivity contribution is -0.123. The molecule has 0 bridgehead atoms. The number of amides is 1. The third kappa shape index (κ3) is 4.97. The van der Waals surface area contributed by atoms with Gasteiger partial charge in [0.1, 0.15) is 5.75 Å². The van der Waals surface area contributed by atoms with E-state index in [1.54, 1.807) is 0 Å². The van der Waals surface area contributed by atoms with Crippen molar-refractivity contribution in [3.05, 3.63) is 77.3 Å². The van der Waals surface area contributed by atoms with Crippen molar-refractivity contribution in [1.82, 2.24) is 5.32 Å². The first-order chi connectivity index (χ1) is 12.2. The summed E-state index contributed by atoms with van der Waals surface area (Å²) in [5.74, 6) is 0.581. The number of halogens is 1. The maximum Gasteiger partial charge on any atom is 0.257 e. The second-order valence-electron chi connectivity index (χ2n) is 5.84. The van der Waals surface area contributed by atoms with Gasteiger partial charge < -0.3 is 10.1 Å². The van der Waals surface area contributed by atoms with E-state index in [1.807, 2.05) is 66.7 Å². The Morgan fingerprint density at radius 1 is 0.960 bits per heavy atom. The number of aryl methyl sites for hydroxylation is 1. The van der Waals surface area contributed by atoms with Crippen LogP contribution in [0.3, 0.4) is 0 Å². The van der Waals surface area contributed by atoms with E-state index in [9.17, 15) is 4.79 Å². The van der Waals surface area contributed by atoms with Crippen molar-refractivity contribution in [2.45, 2.75) is 12.8 Å². The Hall–Kier alpha value is -2.52. The van der Waals surface area contributed by atoms with Crippen LogP contribution in [0.25, 0.3) is 10.8 Å². The van der Waals surface area contributed by atoms with Gasteiger partial charge in [-0.25, -0.2) is 0 Å². The molecule has 0 atom stereocenters. The van der Waals surface area contributed by atoms with Crippen molar-refractivity contribution in [3.8, 4) is 5.75 Å². The van der Waals surface area contributed by atoms with Crippen LogP contribution >= 0.6 is 11.6 Å². The first-order valence-corrected chi connectivity index (χ1v) is 8.72. The van der Waals surface area contributed by atoms with Crippen LogP contribution in [-0.2, 0) is 11.2 Å². The van der Waals surface area contributed by atoms with E-state index >= 15 is 0 Å². The first kappa shape index (κ1) is 17.3. The number of fused-ring (bicyclic) bond motifs is 1. The average Bonchev–Trinajstić information content (AvgIpc) is 2.64. The van der Waals surface area contributed by atoms with Gasteiger partial charge in [-0.05, 0) is 47.4 Å². The van der Waals surface area contributed by atoms with Gasteiger partial charge >= 0.3 is 0 Å². The second kappa shape index (κ2) is 8.54. The zero-order chi connectivity index (χ0) is 17.5. The first-order valence-electron chi connectivity index (χ1n) is 8.34. The zero-order valence-electron chi connectivity index (χ0n) is 13.9. The van der Waals surface area contributed by atoms with Crippen LogP contribution in [0.15, 0.2) is 66.7 Å². The maximum absolute atomic E-state index is 11.9. The quantitative estimate of drug-likeness (QED) is 0.629. The molecule has 4 heteroatoms. The van der Waals surface area contributed by atoms with Crippen molar-refractivity contribution >= 4 is 28.3 Å². The van der Waals surface area contributed by atoms with Crippen LogP contribution in [0.5, 0.6) is 5.75 Å². The normalized spacial score (nSPS) is 10.6. The summed E-state index contributed by atoms with van der Waals surface area (Å²) in [6.07, 6.45) is 1.68. The number of nitrogens with one attached hydrogen (secondary N) is 1. The summed E-state index contributed by atoms with van der Waals surface area (Å²) in [4.78, 5) is 11.9. The van der Waals surface area contributed by atoms with Gasteiger partial charge in [-0.3, -0.25) is 4.79 Å². The number of rotatable bonds is 7. The molecule has 0 unspecified atom stereocenters. The number of hydrogen-bond donors (Lipinski definition) is 1. The molecule has 0 aliphatic rings. The molecule has 25 heavy (non-hydrogen) atoms. The molecule has 1 amide bonds. The van der Waals surface area contributed by atoms with Crippen LogP contribution in [0.2, 0.25) is 5.02 Å². The summed E-state index contributed by atoms with van der Waals surface area (Å²) >= 11 is 6.12. The van der Waals surface area contributed by atoms with Crippen LogP contribution < -0.4 is 10.1 Å². The molecule has 3 rings (SSSR count). The third-order valence-corrected chi connectivity index (χ3v) is 4.36.